The second-order valence-electron chi connectivity index (χ2n) is 8.95. The highest BCUT2D eigenvalue weighted by Crippen LogP contribution is 2.32. The highest BCUT2D eigenvalue weighted by Gasteiger charge is 2.32. The highest BCUT2D eigenvalue weighted by molar-refractivity contribution is 9.10. The quantitative estimate of drug-likeness (QED) is 0.313. The average molecular weight is 582 g/mol. The van der Waals surface area contributed by atoms with E-state index in [2.05, 4.69) is 68.8 Å². The van der Waals surface area contributed by atoms with Crippen LogP contribution in [-0.2, 0) is 9.53 Å². The number of hydrogen-bond acceptors (Lipinski definition) is 5. The molecule has 2 fully saturated rings. The molecular formula is C28H29BrN4O3S. The van der Waals surface area contributed by atoms with Crippen molar-refractivity contribution in [3.63, 3.8) is 0 Å². The molecule has 0 atom stereocenters. The lowest BCUT2D eigenvalue weighted by molar-refractivity contribution is -0.113. The van der Waals surface area contributed by atoms with E-state index >= 15 is 0 Å². The Morgan fingerprint density at radius 2 is 1.78 bits per heavy atom. The Labute approximate surface area is 230 Å². The van der Waals surface area contributed by atoms with Crippen LogP contribution in [0.15, 0.2) is 58.7 Å². The number of anilines is 2. The molecule has 0 bridgehead atoms. The summed E-state index contributed by atoms with van der Waals surface area (Å²) < 4.78 is 14.2. The van der Waals surface area contributed by atoms with Crippen molar-refractivity contribution < 1.29 is 14.3 Å². The molecule has 2 saturated heterocycles. The van der Waals surface area contributed by atoms with Crippen LogP contribution in [0.1, 0.15) is 23.9 Å². The summed E-state index contributed by atoms with van der Waals surface area (Å²) in [5, 5.41) is 3.45. The van der Waals surface area contributed by atoms with Crippen LogP contribution in [0.25, 0.3) is 11.8 Å². The molecule has 0 saturated carbocycles. The second kappa shape index (κ2) is 10.7. The minimum atomic E-state index is -0.184. The number of benzene rings is 2. The number of amides is 1. The third kappa shape index (κ3) is 5.03. The summed E-state index contributed by atoms with van der Waals surface area (Å²) in [5.41, 5.74) is 6.44. The Morgan fingerprint density at radius 3 is 2.46 bits per heavy atom. The van der Waals surface area contributed by atoms with E-state index in [1.165, 1.54) is 10.6 Å². The van der Waals surface area contributed by atoms with Crippen LogP contribution in [0, 0.1) is 13.8 Å². The van der Waals surface area contributed by atoms with Crippen molar-refractivity contribution in [2.75, 3.05) is 42.7 Å². The molecule has 1 N–H and O–H groups in total. The van der Waals surface area contributed by atoms with Crippen LogP contribution in [0.2, 0.25) is 0 Å². The Bertz CT molecular complexity index is 1380. The molecule has 0 aliphatic carbocycles. The van der Waals surface area contributed by atoms with Gasteiger partial charge in [-0.05, 0) is 109 Å². The third-order valence-electron chi connectivity index (χ3n) is 6.60. The Kier molecular flexibility index (Phi) is 7.37. The van der Waals surface area contributed by atoms with Gasteiger partial charge in [0.05, 0.1) is 31.2 Å². The molecule has 1 amide bonds. The number of nitrogens with one attached hydrogen (secondary N) is 1. The lowest BCUT2D eigenvalue weighted by atomic mass is 10.2. The van der Waals surface area contributed by atoms with Gasteiger partial charge in [0.1, 0.15) is 11.4 Å². The average Bonchev–Trinajstić information content (AvgIpc) is 3.33. The molecule has 9 heteroatoms. The molecule has 3 heterocycles. The lowest BCUT2D eigenvalue weighted by Gasteiger charge is -2.30. The second-order valence-corrected chi connectivity index (χ2v) is 10.2. The van der Waals surface area contributed by atoms with E-state index in [9.17, 15) is 4.79 Å². The number of carbonyl (C=O) groups excluding carboxylic acids is 1. The zero-order valence-corrected chi connectivity index (χ0v) is 23.5. The zero-order chi connectivity index (χ0) is 26.1. The molecule has 0 unspecified atom stereocenters. The summed E-state index contributed by atoms with van der Waals surface area (Å²) in [6.07, 6.45) is 1.87. The first kappa shape index (κ1) is 25.5. The maximum atomic E-state index is 13.3. The number of morpholine rings is 1. The maximum absolute atomic E-state index is 13.3. The molecule has 2 aliphatic rings. The van der Waals surface area contributed by atoms with Crippen molar-refractivity contribution in [3.8, 4) is 11.4 Å². The van der Waals surface area contributed by atoms with Gasteiger partial charge in [-0.1, -0.05) is 0 Å². The van der Waals surface area contributed by atoms with Crippen molar-refractivity contribution in [3.05, 3.63) is 75.7 Å². The van der Waals surface area contributed by atoms with E-state index in [1.807, 2.05) is 37.3 Å². The van der Waals surface area contributed by atoms with Crippen molar-refractivity contribution in [2.24, 2.45) is 0 Å². The summed E-state index contributed by atoms with van der Waals surface area (Å²) >= 11 is 9.27. The maximum Gasteiger partial charge on any atom is 0.281 e. The number of hydrogen-bond donors (Lipinski definition) is 1. The summed E-state index contributed by atoms with van der Waals surface area (Å²) in [7, 11) is 0. The first-order valence-corrected chi connectivity index (χ1v) is 13.5. The lowest BCUT2D eigenvalue weighted by Crippen LogP contribution is -2.36. The number of rotatable bonds is 6. The van der Waals surface area contributed by atoms with Gasteiger partial charge in [0.15, 0.2) is 5.11 Å². The van der Waals surface area contributed by atoms with Crippen LogP contribution < -0.4 is 19.9 Å². The van der Waals surface area contributed by atoms with Gasteiger partial charge >= 0.3 is 0 Å². The van der Waals surface area contributed by atoms with Gasteiger partial charge in [-0.2, -0.15) is 0 Å². The number of nitrogens with zero attached hydrogens (tertiary/aromatic N) is 3. The largest absolute Gasteiger partial charge is 0.494 e. The Morgan fingerprint density at radius 1 is 1.08 bits per heavy atom. The minimum Gasteiger partial charge on any atom is -0.494 e. The van der Waals surface area contributed by atoms with Crippen LogP contribution >= 0.6 is 28.1 Å². The van der Waals surface area contributed by atoms with Gasteiger partial charge < -0.3 is 24.3 Å². The van der Waals surface area contributed by atoms with E-state index in [0.29, 0.717) is 23.1 Å². The van der Waals surface area contributed by atoms with Gasteiger partial charge in [0.2, 0.25) is 0 Å². The first-order valence-electron chi connectivity index (χ1n) is 12.3. The third-order valence-corrected chi connectivity index (χ3v) is 7.52. The van der Waals surface area contributed by atoms with Gasteiger partial charge in [0.25, 0.3) is 5.91 Å². The van der Waals surface area contributed by atoms with Gasteiger partial charge in [0, 0.05) is 34.6 Å². The predicted molar refractivity (Wildman–Crippen MR) is 155 cm³/mol. The van der Waals surface area contributed by atoms with E-state index < -0.39 is 0 Å². The van der Waals surface area contributed by atoms with Crippen LogP contribution in [0.5, 0.6) is 5.75 Å². The van der Waals surface area contributed by atoms with Gasteiger partial charge in [-0.25, -0.2) is 0 Å². The minimum absolute atomic E-state index is 0.184. The van der Waals surface area contributed by atoms with E-state index in [-0.39, 0.29) is 5.91 Å². The highest BCUT2D eigenvalue weighted by atomic mass is 79.9. The molecule has 0 spiro atoms. The van der Waals surface area contributed by atoms with E-state index in [0.717, 1.165) is 59.2 Å². The number of aromatic nitrogens is 1. The topological polar surface area (TPSA) is 59.0 Å². The molecule has 7 nitrogen and oxygen atoms in total. The SMILES string of the molecule is CCOc1ccc(N2C(=O)/C(=C/c3cc(C)n(-c4ccc(N5CCOCC5)c(Br)c4)c3C)NC2=S)cc1. The number of ether oxygens (including phenoxy) is 2. The van der Waals surface area contributed by atoms with Gasteiger partial charge in [-0.15, -0.1) is 0 Å². The smallest absolute Gasteiger partial charge is 0.281 e. The van der Waals surface area contributed by atoms with Crippen molar-refractivity contribution >= 4 is 56.6 Å². The molecule has 5 rings (SSSR count). The molecule has 3 aromatic rings. The fourth-order valence-electron chi connectivity index (χ4n) is 4.81. The molecule has 1 aromatic heterocycles. The molecule has 2 aromatic carbocycles. The monoisotopic (exact) mass is 580 g/mol. The summed E-state index contributed by atoms with van der Waals surface area (Å²) in [5.74, 6) is 0.571. The van der Waals surface area contributed by atoms with Crippen molar-refractivity contribution in [1.82, 2.24) is 9.88 Å². The summed E-state index contributed by atoms with van der Waals surface area (Å²) in [6.45, 7) is 9.90. The van der Waals surface area contributed by atoms with Crippen LogP contribution in [0.4, 0.5) is 11.4 Å². The van der Waals surface area contributed by atoms with Crippen LogP contribution in [-0.4, -0.2) is 48.5 Å². The molecule has 0 radical (unpaired) electrons. The van der Waals surface area contributed by atoms with E-state index in [1.54, 1.807) is 0 Å². The summed E-state index contributed by atoms with van der Waals surface area (Å²) in [6, 6.07) is 15.9. The van der Waals surface area contributed by atoms with Crippen LogP contribution in [0.3, 0.4) is 0 Å². The number of aryl methyl sites for hydroxylation is 1. The molecule has 192 valence electrons. The van der Waals surface area contributed by atoms with Gasteiger partial charge in [-0.3, -0.25) is 9.69 Å². The summed E-state index contributed by atoms with van der Waals surface area (Å²) in [4.78, 5) is 17.1. The first-order chi connectivity index (χ1) is 17.9. The zero-order valence-electron chi connectivity index (χ0n) is 21.1. The number of halogens is 1. The fourth-order valence-corrected chi connectivity index (χ4v) is 5.73. The number of thiocarbonyl (C=S) groups is 1. The fraction of sp³-hybridized carbons (Fsp3) is 0.286. The van der Waals surface area contributed by atoms with E-state index in [4.69, 9.17) is 21.7 Å². The Balaban J connectivity index is 1.41. The standard InChI is InChI=1S/C28H29BrN4O3S/c1-4-36-23-8-5-21(6-9-23)33-27(34)25(30-28(33)37)16-20-15-18(2)32(19(20)3)22-7-10-26(24(29)17-22)31-11-13-35-14-12-31/h5-10,15-17H,4,11-14H2,1-3H3,(H,30,37)/b25-16-. The Hall–Kier alpha value is -3.14. The van der Waals surface area contributed by atoms with Crippen molar-refractivity contribution in [1.29, 1.82) is 0 Å². The van der Waals surface area contributed by atoms with Crippen molar-refractivity contribution in [2.45, 2.75) is 20.8 Å². The molecule has 2 aliphatic heterocycles. The normalized spacial score (nSPS) is 17.0. The number of carbonyl (C=O) groups is 1. The molecular weight excluding hydrogens is 552 g/mol. The predicted octanol–water partition coefficient (Wildman–Crippen LogP) is 5.35. The molecule has 37 heavy (non-hydrogen) atoms.